The van der Waals surface area contributed by atoms with Gasteiger partial charge in [-0.2, -0.15) is 0 Å². The number of fused-ring (bicyclic) bond motifs is 1. The van der Waals surface area contributed by atoms with Crippen LogP contribution in [0, 0.1) is 0 Å². The summed E-state index contributed by atoms with van der Waals surface area (Å²) >= 11 is 0. The SMILES string of the molecule is COc1ccc(NC(=O)NC[C@@H](c2cccnc2)c2cn(C)c3ccccc23)cc1. The number of urea groups is 1. The Labute approximate surface area is 175 Å². The fourth-order valence-electron chi connectivity index (χ4n) is 3.68. The highest BCUT2D eigenvalue weighted by Crippen LogP contribution is 2.31. The van der Waals surface area contributed by atoms with Crippen LogP contribution in [0.3, 0.4) is 0 Å². The van der Waals surface area contributed by atoms with Crippen molar-refractivity contribution in [3.8, 4) is 5.75 Å². The molecule has 152 valence electrons. The molecule has 0 saturated carbocycles. The molecular weight excluding hydrogens is 376 g/mol. The summed E-state index contributed by atoms with van der Waals surface area (Å²) in [5, 5.41) is 7.05. The Hall–Kier alpha value is -3.80. The van der Waals surface area contributed by atoms with Crippen LogP contribution >= 0.6 is 0 Å². The molecule has 6 nitrogen and oxygen atoms in total. The number of aryl methyl sites for hydroxylation is 1. The molecule has 0 fully saturated rings. The molecule has 1 atom stereocenters. The molecule has 0 radical (unpaired) electrons. The third kappa shape index (κ3) is 4.12. The number of rotatable bonds is 6. The normalized spacial score (nSPS) is 11.8. The maximum absolute atomic E-state index is 12.5. The van der Waals surface area contributed by atoms with E-state index in [4.69, 9.17) is 4.74 Å². The van der Waals surface area contributed by atoms with E-state index >= 15 is 0 Å². The Morgan fingerprint density at radius 1 is 1.10 bits per heavy atom. The number of nitrogens with zero attached hydrogens (tertiary/aromatic N) is 2. The zero-order valence-corrected chi connectivity index (χ0v) is 17.0. The first-order chi connectivity index (χ1) is 14.7. The number of anilines is 1. The molecule has 2 aromatic heterocycles. The molecule has 2 aromatic carbocycles. The van der Waals surface area contributed by atoms with E-state index in [1.54, 1.807) is 13.3 Å². The molecule has 2 N–H and O–H groups in total. The van der Waals surface area contributed by atoms with Gasteiger partial charge in [-0.25, -0.2) is 4.79 Å². The van der Waals surface area contributed by atoms with Gasteiger partial charge in [-0.1, -0.05) is 24.3 Å². The number of methoxy groups -OCH3 is 1. The molecule has 2 heterocycles. The average Bonchev–Trinajstić information content (AvgIpc) is 3.12. The minimum atomic E-state index is -0.255. The molecule has 0 aliphatic heterocycles. The maximum atomic E-state index is 12.5. The van der Waals surface area contributed by atoms with Crippen molar-refractivity contribution in [2.45, 2.75) is 5.92 Å². The average molecular weight is 400 g/mol. The van der Waals surface area contributed by atoms with Crippen LogP contribution in [0.15, 0.2) is 79.3 Å². The Kier molecular flexibility index (Phi) is 5.66. The van der Waals surface area contributed by atoms with Crippen molar-refractivity contribution in [3.63, 3.8) is 0 Å². The molecule has 4 rings (SSSR count). The molecule has 4 aromatic rings. The lowest BCUT2D eigenvalue weighted by Gasteiger charge is -2.18. The standard InChI is InChI=1S/C24H24N4O2/c1-28-16-22(20-7-3-4-8-23(20)28)21(17-6-5-13-25-14-17)15-26-24(29)27-18-9-11-19(30-2)12-10-18/h3-14,16,21H,15H2,1-2H3,(H2,26,27,29)/t21-/m0/s1. The summed E-state index contributed by atoms with van der Waals surface area (Å²) in [4.78, 5) is 16.8. The third-order valence-corrected chi connectivity index (χ3v) is 5.20. The number of pyridine rings is 1. The van der Waals surface area contributed by atoms with E-state index in [0.29, 0.717) is 12.2 Å². The van der Waals surface area contributed by atoms with E-state index in [2.05, 4.69) is 38.5 Å². The number of amides is 2. The predicted molar refractivity (Wildman–Crippen MR) is 119 cm³/mol. The molecule has 2 amide bonds. The minimum absolute atomic E-state index is 0.0218. The molecule has 30 heavy (non-hydrogen) atoms. The highest BCUT2D eigenvalue weighted by Gasteiger charge is 2.20. The minimum Gasteiger partial charge on any atom is -0.497 e. The maximum Gasteiger partial charge on any atom is 0.319 e. The van der Waals surface area contributed by atoms with Gasteiger partial charge in [-0.3, -0.25) is 4.98 Å². The van der Waals surface area contributed by atoms with Gasteiger partial charge in [-0.05, 0) is 47.5 Å². The van der Waals surface area contributed by atoms with Crippen LogP contribution in [0.1, 0.15) is 17.0 Å². The van der Waals surface area contributed by atoms with Gasteiger partial charge in [-0.15, -0.1) is 0 Å². The fraction of sp³-hybridized carbons (Fsp3) is 0.167. The summed E-state index contributed by atoms with van der Waals surface area (Å²) < 4.78 is 7.27. The van der Waals surface area contributed by atoms with E-state index in [1.165, 1.54) is 5.39 Å². The summed E-state index contributed by atoms with van der Waals surface area (Å²) in [6.45, 7) is 0.446. The number of carbonyl (C=O) groups is 1. The van der Waals surface area contributed by atoms with Gasteiger partial charge in [0.15, 0.2) is 0 Å². The van der Waals surface area contributed by atoms with Crippen LogP contribution in [0.25, 0.3) is 10.9 Å². The highest BCUT2D eigenvalue weighted by molar-refractivity contribution is 5.89. The van der Waals surface area contributed by atoms with Gasteiger partial charge in [0.1, 0.15) is 5.75 Å². The number of nitrogens with one attached hydrogen (secondary N) is 2. The van der Waals surface area contributed by atoms with Gasteiger partial charge in [0, 0.05) is 54.7 Å². The molecule has 0 aliphatic carbocycles. The smallest absolute Gasteiger partial charge is 0.319 e. The number of carbonyl (C=O) groups excluding carboxylic acids is 1. The number of para-hydroxylation sites is 1. The number of aromatic nitrogens is 2. The van der Waals surface area contributed by atoms with Crippen LogP contribution in [0.4, 0.5) is 10.5 Å². The second-order valence-electron chi connectivity index (χ2n) is 7.11. The zero-order chi connectivity index (χ0) is 20.9. The molecule has 0 aliphatic rings. The molecule has 0 bridgehead atoms. The number of hydrogen-bond donors (Lipinski definition) is 2. The predicted octanol–water partition coefficient (Wildman–Crippen LogP) is 4.54. The molecule has 0 unspecified atom stereocenters. The van der Waals surface area contributed by atoms with Crippen molar-refractivity contribution in [1.82, 2.24) is 14.9 Å². The van der Waals surface area contributed by atoms with Crippen molar-refractivity contribution in [3.05, 3.63) is 90.4 Å². The van der Waals surface area contributed by atoms with Gasteiger partial charge in [0.25, 0.3) is 0 Å². The van der Waals surface area contributed by atoms with E-state index in [1.807, 2.05) is 61.8 Å². The first-order valence-electron chi connectivity index (χ1n) is 9.78. The van der Waals surface area contributed by atoms with Crippen molar-refractivity contribution in [2.75, 3.05) is 19.0 Å². The Bertz CT molecular complexity index is 1140. The summed E-state index contributed by atoms with van der Waals surface area (Å²) in [6, 6.07) is 19.2. The number of ether oxygens (including phenoxy) is 1. The lowest BCUT2D eigenvalue weighted by Crippen LogP contribution is -2.32. The van der Waals surface area contributed by atoms with Crippen LogP contribution in [-0.4, -0.2) is 29.2 Å². The van der Waals surface area contributed by atoms with Crippen molar-refractivity contribution < 1.29 is 9.53 Å². The third-order valence-electron chi connectivity index (χ3n) is 5.20. The van der Waals surface area contributed by atoms with Gasteiger partial charge in [0.05, 0.1) is 7.11 Å². The lowest BCUT2D eigenvalue weighted by molar-refractivity contribution is 0.252. The van der Waals surface area contributed by atoms with Gasteiger partial charge >= 0.3 is 6.03 Å². The van der Waals surface area contributed by atoms with Crippen molar-refractivity contribution >= 4 is 22.6 Å². The topological polar surface area (TPSA) is 68.2 Å². The highest BCUT2D eigenvalue weighted by atomic mass is 16.5. The first-order valence-corrected chi connectivity index (χ1v) is 9.78. The van der Waals surface area contributed by atoms with Gasteiger partial charge < -0.3 is 19.9 Å². The summed E-state index contributed by atoms with van der Waals surface area (Å²) in [5.41, 5.74) is 4.07. The molecule has 6 heteroatoms. The van der Waals surface area contributed by atoms with Crippen LogP contribution in [0.5, 0.6) is 5.75 Å². The number of benzene rings is 2. The number of hydrogen-bond acceptors (Lipinski definition) is 3. The largest absolute Gasteiger partial charge is 0.497 e. The van der Waals surface area contributed by atoms with Crippen LogP contribution < -0.4 is 15.4 Å². The Balaban J connectivity index is 1.55. The second-order valence-corrected chi connectivity index (χ2v) is 7.11. The summed E-state index contributed by atoms with van der Waals surface area (Å²) in [5.74, 6) is 0.722. The van der Waals surface area contributed by atoms with E-state index < -0.39 is 0 Å². The molecule has 0 saturated heterocycles. The van der Waals surface area contributed by atoms with E-state index in [-0.39, 0.29) is 11.9 Å². The second kappa shape index (κ2) is 8.69. The van der Waals surface area contributed by atoms with E-state index in [0.717, 1.165) is 22.4 Å². The van der Waals surface area contributed by atoms with Crippen molar-refractivity contribution in [1.29, 1.82) is 0 Å². The molecular formula is C24H24N4O2. The van der Waals surface area contributed by atoms with Crippen molar-refractivity contribution in [2.24, 2.45) is 7.05 Å². The van der Waals surface area contributed by atoms with Crippen LogP contribution in [0.2, 0.25) is 0 Å². The van der Waals surface area contributed by atoms with E-state index in [9.17, 15) is 4.79 Å². The van der Waals surface area contributed by atoms with Gasteiger partial charge in [0.2, 0.25) is 0 Å². The zero-order valence-electron chi connectivity index (χ0n) is 17.0. The fourth-order valence-corrected chi connectivity index (χ4v) is 3.68. The quantitative estimate of drug-likeness (QED) is 0.499. The monoisotopic (exact) mass is 400 g/mol. The summed E-state index contributed by atoms with van der Waals surface area (Å²) in [6.07, 6.45) is 5.74. The Morgan fingerprint density at radius 2 is 1.90 bits per heavy atom. The first kappa shape index (κ1) is 19.5. The van der Waals surface area contributed by atoms with Crippen LogP contribution in [-0.2, 0) is 7.05 Å². The Morgan fingerprint density at radius 3 is 2.63 bits per heavy atom. The lowest BCUT2D eigenvalue weighted by atomic mass is 9.92. The summed E-state index contributed by atoms with van der Waals surface area (Å²) in [7, 11) is 3.65. The molecule has 0 spiro atoms.